The maximum atomic E-state index is 11.4. The Hall–Kier alpha value is -2.15. The van der Waals surface area contributed by atoms with Crippen molar-refractivity contribution in [2.75, 3.05) is 13.1 Å². The Kier molecular flexibility index (Phi) is 9.12. The van der Waals surface area contributed by atoms with Gasteiger partial charge in [-0.25, -0.2) is 9.59 Å². The summed E-state index contributed by atoms with van der Waals surface area (Å²) in [5, 5.41) is 34.4. The number of carbonyl (C=O) groups is 3. The van der Waals surface area contributed by atoms with E-state index < -0.39 is 41.6 Å². The molecule has 0 saturated heterocycles. The molecule has 0 fully saturated rings. The van der Waals surface area contributed by atoms with Crippen molar-refractivity contribution in [2.24, 2.45) is 39.1 Å². The van der Waals surface area contributed by atoms with E-state index in [0.29, 0.717) is 19.4 Å². The van der Waals surface area contributed by atoms with E-state index in [1.54, 1.807) is 0 Å². The molecule has 0 aromatic carbocycles. The molecular weight excluding hydrogens is 336 g/mol. The first-order valence-corrected chi connectivity index (χ1v) is 7.64. The highest BCUT2D eigenvalue weighted by atomic mass is 16.4. The van der Waals surface area contributed by atoms with Crippen LogP contribution in [0, 0.1) is 5.92 Å². The molecule has 0 aromatic rings. The van der Waals surface area contributed by atoms with Gasteiger partial charge in [0.25, 0.3) is 0 Å². The minimum absolute atomic E-state index is 0.00114. The molecule has 0 spiro atoms. The van der Waals surface area contributed by atoms with Crippen LogP contribution in [0.15, 0.2) is 10.2 Å². The van der Waals surface area contributed by atoms with Crippen LogP contribution in [-0.2, 0) is 14.4 Å². The SMILES string of the molecule is NCCCCC(N)(/N=N/C(N)(CC(CCN)C(=O)O)C(=O)O)C(=O)O. The normalized spacial score (nSPS) is 17.6. The topological polar surface area (TPSA) is 241 Å². The van der Waals surface area contributed by atoms with Gasteiger partial charge in [0, 0.05) is 6.42 Å². The highest BCUT2D eigenvalue weighted by Crippen LogP contribution is 2.23. The standard InChI is InChI=1S/C13H26N6O6/c14-5-2-1-4-12(16,10(22)23)18-19-13(17,11(24)25)7-8(3-6-15)9(20)21/h8H,1-7,14-17H2,(H,20,21)(H,22,23)(H,24,25)/b19-18+. The third-order valence-corrected chi connectivity index (χ3v) is 3.58. The molecule has 12 nitrogen and oxygen atoms in total. The van der Waals surface area contributed by atoms with Crippen LogP contribution in [0.4, 0.5) is 0 Å². The second-order valence-electron chi connectivity index (χ2n) is 5.72. The summed E-state index contributed by atoms with van der Waals surface area (Å²) in [6.45, 7) is 0.320. The van der Waals surface area contributed by atoms with Crippen LogP contribution in [0.2, 0.25) is 0 Å². The van der Waals surface area contributed by atoms with Crippen molar-refractivity contribution in [3.63, 3.8) is 0 Å². The molecule has 0 aromatic heterocycles. The number of nitrogens with zero attached hydrogens (tertiary/aromatic N) is 2. The van der Waals surface area contributed by atoms with E-state index in [9.17, 15) is 24.6 Å². The van der Waals surface area contributed by atoms with Crippen molar-refractivity contribution >= 4 is 17.9 Å². The fourth-order valence-electron chi connectivity index (χ4n) is 1.98. The Morgan fingerprint density at radius 3 is 1.80 bits per heavy atom. The molecule has 0 bridgehead atoms. The summed E-state index contributed by atoms with van der Waals surface area (Å²) in [5.74, 6) is -5.65. The molecule has 25 heavy (non-hydrogen) atoms. The zero-order valence-corrected chi connectivity index (χ0v) is 13.8. The van der Waals surface area contributed by atoms with Gasteiger partial charge in [-0.1, -0.05) is 0 Å². The lowest BCUT2D eigenvalue weighted by Gasteiger charge is -2.25. The minimum Gasteiger partial charge on any atom is -0.481 e. The monoisotopic (exact) mass is 362 g/mol. The van der Waals surface area contributed by atoms with Gasteiger partial charge in [-0.05, 0) is 38.8 Å². The molecule has 0 heterocycles. The van der Waals surface area contributed by atoms with Crippen molar-refractivity contribution in [3.05, 3.63) is 0 Å². The lowest BCUT2D eigenvalue weighted by molar-refractivity contribution is -0.148. The van der Waals surface area contributed by atoms with E-state index >= 15 is 0 Å². The third kappa shape index (κ3) is 7.09. The minimum atomic E-state index is -2.44. The number of aliphatic carboxylic acids is 3. The van der Waals surface area contributed by atoms with Crippen molar-refractivity contribution < 1.29 is 29.7 Å². The number of rotatable bonds is 13. The quantitative estimate of drug-likeness (QED) is 0.147. The van der Waals surface area contributed by atoms with Gasteiger partial charge in [0.05, 0.1) is 5.92 Å². The van der Waals surface area contributed by atoms with E-state index in [-0.39, 0.29) is 19.4 Å². The van der Waals surface area contributed by atoms with E-state index in [1.807, 2.05) is 0 Å². The molecule has 3 atom stereocenters. The summed E-state index contributed by atoms with van der Waals surface area (Å²) in [4.78, 5) is 33.9. The van der Waals surface area contributed by atoms with Gasteiger partial charge in [0.2, 0.25) is 11.3 Å². The molecule has 3 unspecified atom stereocenters. The molecule has 0 aliphatic rings. The molecule has 0 aliphatic heterocycles. The number of carboxylic acids is 3. The fraction of sp³-hybridized carbons (Fsp3) is 0.769. The molecule has 0 radical (unpaired) electrons. The van der Waals surface area contributed by atoms with Gasteiger partial charge >= 0.3 is 17.9 Å². The lowest BCUT2D eigenvalue weighted by atomic mass is 9.93. The highest BCUT2D eigenvalue weighted by molar-refractivity contribution is 5.80. The van der Waals surface area contributed by atoms with Crippen LogP contribution in [0.1, 0.15) is 32.1 Å². The second-order valence-corrected chi connectivity index (χ2v) is 5.72. The average Bonchev–Trinajstić information content (AvgIpc) is 2.52. The van der Waals surface area contributed by atoms with Crippen LogP contribution >= 0.6 is 0 Å². The number of hydrogen-bond donors (Lipinski definition) is 7. The maximum absolute atomic E-state index is 11.4. The highest BCUT2D eigenvalue weighted by Gasteiger charge is 2.41. The second kappa shape index (κ2) is 9.98. The Labute approximate surface area is 144 Å². The van der Waals surface area contributed by atoms with Crippen LogP contribution in [-0.4, -0.2) is 57.6 Å². The predicted octanol–water partition coefficient (Wildman–Crippen LogP) is -1.51. The Balaban J connectivity index is 5.48. The van der Waals surface area contributed by atoms with Gasteiger partial charge in [0.15, 0.2) is 0 Å². The summed E-state index contributed by atoms with van der Waals surface area (Å²) in [7, 11) is 0. The third-order valence-electron chi connectivity index (χ3n) is 3.58. The zero-order valence-electron chi connectivity index (χ0n) is 13.8. The van der Waals surface area contributed by atoms with Gasteiger partial charge in [0.1, 0.15) is 0 Å². The Morgan fingerprint density at radius 2 is 1.40 bits per heavy atom. The van der Waals surface area contributed by atoms with E-state index in [2.05, 4.69) is 10.2 Å². The number of carboxylic acid groups (broad SMARTS) is 3. The van der Waals surface area contributed by atoms with E-state index in [0.717, 1.165) is 0 Å². The number of hydrogen-bond acceptors (Lipinski definition) is 9. The first-order chi connectivity index (χ1) is 11.5. The first kappa shape index (κ1) is 22.9. The number of unbranched alkanes of at least 4 members (excludes halogenated alkanes) is 1. The molecule has 0 saturated carbocycles. The van der Waals surface area contributed by atoms with Gasteiger partial charge < -0.3 is 26.8 Å². The van der Waals surface area contributed by atoms with Crippen molar-refractivity contribution in [3.8, 4) is 0 Å². The van der Waals surface area contributed by atoms with Crippen LogP contribution < -0.4 is 22.9 Å². The van der Waals surface area contributed by atoms with Crippen molar-refractivity contribution in [2.45, 2.75) is 43.4 Å². The molecule has 0 aliphatic carbocycles. The Morgan fingerprint density at radius 1 is 0.880 bits per heavy atom. The summed E-state index contributed by atoms with van der Waals surface area (Å²) in [5.41, 5.74) is 17.3. The van der Waals surface area contributed by atoms with Gasteiger partial charge in [-0.15, -0.1) is 0 Å². The summed E-state index contributed by atoms with van der Waals surface area (Å²) in [6.07, 6.45) is 0.0426. The van der Waals surface area contributed by atoms with E-state index in [4.69, 9.17) is 28.0 Å². The lowest BCUT2D eigenvalue weighted by Crippen LogP contribution is -2.51. The van der Waals surface area contributed by atoms with Gasteiger partial charge in [-0.2, -0.15) is 10.2 Å². The zero-order chi connectivity index (χ0) is 19.7. The van der Waals surface area contributed by atoms with Gasteiger partial charge in [-0.3, -0.25) is 16.3 Å². The van der Waals surface area contributed by atoms with Crippen molar-refractivity contribution in [1.29, 1.82) is 0 Å². The molecule has 144 valence electrons. The number of nitrogens with two attached hydrogens (primary N) is 4. The summed E-state index contributed by atoms with van der Waals surface area (Å²) >= 11 is 0. The van der Waals surface area contributed by atoms with Crippen LogP contribution in [0.3, 0.4) is 0 Å². The largest absolute Gasteiger partial charge is 0.481 e. The molecular formula is C13H26N6O6. The van der Waals surface area contributed by atoms with Crippen LogP contribution in [0.25, 0.3) is 0 Å². The average molecular weight is 362 g/mol. The summed E-state index contributed by atoms with van der Waals surface area (Å²) < 4.78 is 0. The molecule has 11 N–H and O–H groups in total. The number of azo groups is 1. The Bertz CT molecular complexity index is 515. The first-order valence-electron chi connectivity index (χ1n) is 7.64. The molecule has 0 amide bonds. The fourth-order valence-corrected chi connectivity index (χ4v) is 1.98. The van der Waals surface area contributed by atoms with Crippen molar-refractivity contribution in [1.82, 2.24) is 0 Å². The smallest absolute Gasteiger partial charge is 0.348 e. The molecule has 12 heteroatoms. The predicted molar refractivity (Wildman–Crippen MR) is 86.3 cm³/mol. The summed E-state index contributed by atoms with van der Waals surface area (Å²) in [6, 6.07) is 0. The van der Waals surface area contributed by atoms with Crippen LogP contribution in [0.5, 0.6) is 0 Å². The maximum Gasteiger partial charge on any atom is 0.348 e. The van der Waals surface area contributed by atoms with E-state index in [1.165, 1.54) is 0 Å². The molecule has 0 rings (SSSR count).